The van der Waals surface area contributed by atoms with Gasteiger partial charge in [0.05, 0.1) is 7.11 Å². The Morgan fingerprint density at radius 2 is 1.84 bits per heavy atom. The van der Waals surface area contributed by atoms with Crippen LogP contribution < -0.4 is 19.7 Å². The van der Waals surface area contributed by atoms with Crippen molar-refractivity contribution in [1.29, 1.82) is 0 Å². The van der Waals surface area contributed by atoms with E-state index >= 15 is 0 Å². The van der Waals surface area contributed by atoms with Crippen LogP contribution in [0.25, 0.3) is 0 Å². The molecule has 134 valence electrons. The number of anilines is 1. The Hall–Kier alpha value is -2.69. The number of para-hydroxylation sites is 1. The van der Waals surface area contributed by atoms with Gasteiger partial charge in [-0.3, -0.25) is 4.79 Å². The van der Waals surface area contributed by atoms with E-state index in [1.165, 1.54) is 5.69 Å². The molecule has 2 rings (SSSR count). The zero-order valence-corrected chi connectivity index (χ0v) is 15.1. The highest BCUT2D eigenvalue weighted by atomic mass is 16.5. The number of rotatable bonds is 9. The molecule has 5 nitrogen and oxygen atoms in total. The Morgan fingerprint density at radius 3 is 2.56 bits per heavy atom. The number of nitrogens with one attached hydrogen (secondary N) is 1. The molecule has 0 radical (unpaired) electrons. The van der Waals surface area contributed by atoms with Crippen molar-refractivity contribution >= 4 is 11.6 Å². The minimum Gasteiger partial charge on any atom is -0.497 e. The van der Waals surface area contributed by atoms with Crippen molar-refractivity contribution in [2.24, 2.45) is 0 Å². The van der Waals surface area contributed by atoms with E-state index in [1.807, 2.05) is 37.4 Å². The van der Waals surface area contributed by atoms with Gasteiger partial charge in [-0.15, -0.1) is 0 Å². The van der Waals surface area contributed by atoms with Gasteiger partial charge in [0.1, 0.15) is 11.5 Å². The number of carbonyl (C=O) groups excluding carboxylic acids is 1. The molecule has 0 heterocycles. The second-order valence-electron chi connectivity index (χ2n) is 5.84. The van der Waals surface area contributed by atoms with Gasteiger partial charge < -0.3 is 19.7 Å². The van der Waals surface area contributed by atoms with Gasteiger partial charge in [0.25, 0.3) is 5.91 Å². The highest BCUT2D eigenvalue weighted by Gasteiger charge is 2.14. The maximum absolute atomic E-state index is 12.1. The molecule has 1 amide bonds. The van der Waals surface area contributed by atoms with Crippen LogP contribution in [0.1, 0.15) is 13.3 Å². The first-order valence-electron chi connectivity index (χ1n) is 8.45. The van der Waals surface area contributed by atoms with Crippen molar-refractivity contribution in [2.45, 2.75) is 19.4 Å². The predicted octanol–water partition coefficient (Wildman–Crippen LogP) is 3.11. The van der Waals surface area contributed by atoms with Crippen LogP contribution >= 0.6 is 0 Å². The topological polar surface area (TPSA) is 50.8 Å². The maximum Gasteiger partial charge on any atom is 0.260 e. The van der Waals surface area contributed by atoms with Crippen LogP contribution in [0.15, 0.2) is 54.6 Å². The summed E-state index contributed by atoms with van der Waals surface area (Å²) in [6, 6.07) is 17.4. The van der Waals surface area contributed by atoms with Crippen molar-refractivity contribution < 1.29 is 14.3 Å². The summed E-state index contributed by atoms with van der Waals surface area (Å²) in [5.41, 5.74) is 1.17. The third-order valence-electron chi connectivity index (χ3n) is 3.89. The standard InChI is InChI=1S/C20H26N2O3/c1-16(25-19-12-7-11-18(15-19)24-3)20(23)21-13-8-14-22(2)17-9-5-4-6-10-17/h4-7,9-12,15-16H,8,13-14H2,1-3H3,(H,21,23)/t16-/m0/s1. The molecule has 0 aliphatic carbocycles. The molecule has 25 heavy (non-hydrogen) atoms. The number of ether oxygens (including phenoxy) is 2. The molecule has 0 aliphatic rings. The van der Waals surface area contributed by atoms with Crippen LogP contribution in [0.2, 0.25) is 0 Å². The molecule has 0 unspecified atom stereocenters. The summed E-state index contributed by atoms with van der Waals surface area (Å²) in [7, 11) is 3.65. The first-order chi connectivity index (χ1) is 12.1. The zero-order chi connectivity index (χ0) is 18.1. The maximum atomic E-state index is 12.1. The van der Waals surface area contributed by atoms with Gasteiger partial charge in [-0.1, -0.05) is 24.3 Å². The van der Waals surface area contributed by atoms with Crippen LogP contribution in [-0.4, -0.2) is 39.3 Å². The molecular formula is C20H26N2O3. The molecule has 5 heteroatoms. The van der Waals surface area contributed by atoms with Crippen molar-refractivity contribution in [3.63, 3.8) is 0 Å². The fraction of sp³-hybridized carbons (Fsp3) is 0.350. The molecule has 0 spiro atoms. The van der Waals surface area contributed by atoms with E-state index in [0.29, 0.717) is 18.0 Å². The third-order valence-corrected chi connectivity index (χ3v) is 3.89. The summed E-state index contributed by atoms with van der Waals surface area (Å²) in [6.45, 7) is 3.22. The van der Waals surface area contributed by atoms with Gasteiger partial charge in [-0.05, 0) is 37.6 Å². The molecule has 0 saturated heterocycles. The van der Waals surface area contributed by atoms with Crippen LogP contribution in [0, 0.1) is 0 Å². The Labute approximate surface area is 149 Å². The largest absolute Gasteiger partial charge is 0.497 e. The van der Waals surface area contributed by atoms with Crippen LogP contribution in [0.3, 0.4) is 0 Å². The van der Waals surface area contributed by atoms with Crippen molar-refractivity contribution in [1.82, 2.24) is 5.32 Å². The van der Waals surface area contributed by atoms with Crippen LogP contribution in [-0.2, 0) is 4.79 Å². The van der Waals surface area contributed by atoms with E-state index < -0.39 is 6.10 Å². The van der Waals surface area contributed by atoms with Gasteiger partial charge in [0, 0.05) is 31.9 Å². The number of benzene rings is 2. The minimum absolute atomic E-state index is 0.120. The van der Waals surface area contributed by atoms with E-state index in [4.69, 9.17) is 9.47 Å². The molecule has 0 aromatic heterocycles. The van der Waals surface area contributed by atoms with Crippen molar-refractivity contribution in [2.75, 3.05) is 32.1 Å². The fourth-order valence-electron chi connectivity index (χ4n) is 2.42. The normalized spacial score (nSPS) is 11.5. The number of carbonyl (C=O) groups is 1. The molecule has 0 saturated carbocycles. The van der Waals surface area contributed by atoms with E-state index in [2.05, 4.69) is 22.3 Å². The number of amides is 1. The van der Waals surface area contributed by atoms with Crippen LogP contribution in [0.4, 0.5) is 5.69 Å². The average molecular weight is 342 g/mol. The molecule has 2 aromatic rings. The smallest absolute Gasteiger partial charge is 0.260 e. The molecule has 2 aromatic carbocycles. The number of methoxy groups -OCH3 is 1. The third kappa shape index (κ3) is 6.03. The summed E-state index contributed by atoms with van der Waals surface area (Å²) in [5, 5.41) is 2.92. The van der Waals surface area contributed by atoms with E-state index in [-0.39, 0.29) is 5.91 Å². The summed E-state index contributed by atoms with van der Waals surface area (Å²) in [4.78, 5) is 14.3. The number of hydrogen-bond donors (Lipinski definition) is 1. The lowest BCUT2D eigenvalue weighted by atomic mass is 10.3. The summed E-state index contributed by atoms with van der Waals surface area (Å²) in [5.74, 6) is 1.20. The Morgan fingerprint density at radius 1 is 1.12 bits per heavy atom. The lowest BCUT2D eigenvalue weighted by Crippen LogP contribution is -2.37. The fourth-order valence-corrected chi connectivity index (χ4v) is 2.42. The molecule has 0 fully saturated rings. The molecule has 0 aliphatic heterocycles. The van der Waals surface area contributed by atoms with Crippen LogP contribution in [0.5, 0.6) is 11.5 Å². The zero-order valence-electron chi connectivity index (χ0n) is 15.1. The monoisotopic (exact) mass is 342 g/mol. The minimum atomic E-state index is -0.557. The van der Waals surface area contributed by atoms with Gasteiger partial charge in [-0.2, -0.15) is 0 Å². The summed E-state index contributed by atoms with van der Waals surface area (Å²) < 4.78 is 10.8. The Kier molecular flexibility index (Phi) is 7.14. The van der Waals surface area contributed by atoms with Gasteiger partial charge in [0.2, 0.25) is 0 Å². The van der Waals surface area contributed by atoms with Gasteiger partial charge in [0.15, 0.2) is 6.10 Å². The Bertz CT molecular complexity index is 661. The predicted molar refractivity (Wildman–Crippen MR) is 100 cm³/mol. The molecule has 1 atom stereocenters. The number of hydrogen-bond acceptors (Lipinski definition) is 4. The van der Waals surface area contributed by atoms with Gasteiger partial charge >= 0.3 is 0 Å². The van der Waals surface area contributed by atoms with E-state index in [1.54, 1.807) is 26.2 Å². The second kappa shape index (κ2) is 9.57. The lowest BCUT2D eigenvalue weighted by Gasteiger charge is -2.20. The Balaban J connectivity index is 1.70. The van der Waals surface area contributed by atoms with E-state index in [9.17, 15) is 4.79 Å². The lowest BCUT2D eigenvalue weighted by molar-refractivity contribution is -0.127. The van der Waals surface area contributed by atoms with Gasteiger partial charge in [-0.25, -0.2) is 0 Å². The number of nitrogens with zero attached hydrogens (tertiary/aromatic N) is 1. The second-order valence-corrected chi connectivity index (χ2v) is 5.84. The molecular weight excluding hydrogens is 316 g/mol. The van der Waals surface area contributed by atoms with Crippen molar-refractivity contribution in [3.05, 3.63) is 54.6 Å². The SMILES string of the molecule is COc1cccc(O[C@@H](C)C(=O)NCCCN(C)c2ccccc2)c1. The molecule has 0 bridgehead atoms. The summed E-state index contributed by atoms with van der Waals surface area (Å²) in [6.07, 6.45) is 0.308. The van der Waals surface area contributed by atoms with Crippen molar-refractivity contribution in [3.8, 4) is 11.5 Å². The van der Waals surface area contributed by atoms with E-state index in [0.717, 1.165) is 13.0 Å². The first-order valence-corrected chi connectivity index (χ1v) is 8.45. The first kappa shape index (κ1) is 18.6. The summed E-state index contributed by atoms with van der Waals surface area (Å²) >= 11 is 0. The average Bonchev–Trinajstić information content (AvgIpc) is 2.65. The highest BCUT2D eigenvalue weighted by molar-refractivity contribution is 5.80. The molecule has 1 N–H and O–H groups in total. The quantitative estimate of drug-likeness (QED) is 0.712. The highest BCUT2D eigenvalue weighted by Crippen LogP contribution is 2.19.